The lowest BCUT2D eigenvalue weighted by Gasteiger charge is -2.38. The van der Waals surface area contributed by atoms with Crippen molar-refractivity contribution in [1.29, 1.82) is 0 Å². The van der Waals surface area contributed by atoms with Crippen molar-refractivity contribution in [3.63, 3.8) is 0 Å². The monoisotopic (exact) mass is 436 g/mol. The minimum absolute atomic E-state index is 0.0416. The van der Waals surface area contributed by atoms with E-state index in [1.54, 1.807) is 37.7 Å². The number of hydrogen-bond donors (Lipinski definition) is 2. The van der Waals surface area contributed by atoms with Gasteiger partial charge in [0.15, 0.2) is 11.6 Å². The Labute approximate surface area is 185 Å². The molecule has 4 atom stereocenters. The van der Waals surface area contributed by atoms with Gasteiger partial charge in [-0.05, 0) is 48.6 Å². The molecule has 3 aromatic rings. The zero-order valence-electron chi connectivity index (χ0n) is 17.9. The molecule has 0 spiro atoms. The van der Waals surface area contributed by atoms with Crippen LogP contribution in [0.5, 0.6) is 11.6 Å². The smallest absolute Gasteiger partial charge is 0.213 e. The summed E-state index contributed by atoms with van der Waals surface area (Å²) < 4.78 is 20.0. The standard InChI is InChI=1S/C23H25FN6O2/c1-30(18-11-15-4-6-17(27-15)22(18)24)20-12-26-23(29-28-20)16-5-3-13(9-19(16)31)14-7-8-25-21(10-14)32-2/h3,5,7-10,12,15,17-18,22,27,31H,4,6,11H2,1-2H3/t15?,17?,18-,22+/m1/s1. The van der Waals surface area contributed by atoms with Crippen LogP contribution in [0.2, 0.25) is 0 Å². The van der Waals surface area contributed by atoms with Crippen LogP contribution >= 0.6 is 0 Å². The zero-order valence-corrected chi connectivity index (χ0v) is 17.9. The molecular weight excluding hydrogens is 411 g/mol. The summed E-state index contributed by atoms with van der Waals surface area (Å²) in [5, 5.41) is 22.4. The number of nitrogens with zero attached hydrogens (tertiary/aromatic N) is 5. The first kappa shape index (κ1) is 20.6. The average molecular weight is 436 g/mol. The highest BCUT2D eigenvalue weighted by Crippen LogP contribution is 2.34. The van der Waals surface area contributed by atoms with Crippen LogP contribution in [0, 0.1) is 0 Å². The van der Waals surface area contributed by atoms with E-state index in [1.807, 2.05) is 24.1 Å². The number of phenolic OH excluding ortho intramolecular Hbond substituents is 1. The van der Waals surface area contributed by atoms with E-state index in [1.165, 1.54) is 0 Å². The van der Waals surface area contributed by atoms with Crippen molar-refractivity contribution >= 4 is 5.82 Å². The van der Waals surface area contributed by atoms with Gasteiger partial charge in [0.1, 0.15) is 11.9 Å². The molecule has 2 fully saturated rings. The molecule has 2 aromatic heterocycles. The number of nitrogens with one attached hydrogen (secondary N) is 1. The van der Waals surface area contributed by atoms with Crippen LogP contribution in [0.15, 0.2) is 42.7 Å². The van der Waals surface area contributed by atoms with E-state index in [2.05, 4.69) is 25.5 Å². The first-order chi connectivity index (χ1) is 15.5. The van der Waals surface area contributed by atoms with Gasteiger partial charge in [0.2, 0.25) is 5.88 Å². The second kappa shape index (κ2) is 8.31. The van der Waals surface area contributed by atoms with Crippen molar-refractivity contribution in [2.75, 3.05) is 19.1 Å². The molecule has 32 heavy (non-hydrogen) atoms. The number of alkyl halides is 1. The quantitative estimate of drug-likeness (QED) is 0.630. The number of phenols is 1. The Kier molecular flexibility index (Phi) is 5.34. The van der Waals surface area contributed by atoms with Crippen molar-refractivity contribution in [1.82, 2.24) is 25.5 Å². The summed E-state index contributed by atoms with van der Waals surface area (Å²) in [6, 6.07) is 8.92. The predicted octanol–water partition coefficient (Wildman–Crippen LogP) is 2.98. The molecule has 0 aliphatic carbocycles. The number of aromatic nitrogens is 4. The topological polar surface area (TPSA) is 96.3 Å². The molecule has 2 unspecified atom stereocenters. The van der Waals surface area contributed by atoms with Gasteiger partial charge >= 0.3 is 0 Å². The van der Waals surface area contributed by atoms with Crippen LogP contribution in [0.1, 0.15) is 19.3 Å². The van der Waals surface area contributed by atoms with Crippen LogP contribution in [0.4, 0.5) is 10.2 Å². The Bertz CT molecular complexity index is 1110. The summed E-state index contributed by atoms with van der Waals surface area (Å²) in [6.45, 7) is 0. The molecule has 0 amide bonds. The lowest BCUT2D eigenvalue weighted by atomic mass is 9.96. The second-order valence-corrected chi connectivity index (χ2v) is 8.36. The van der Waals surface area contributed by atoms with Crippen LogP contribution in [-0.2, 0) is 0 Å². The summed E-state index contributed by atoms with van der Waals surface area (Å²) in [7, 11) is 3.39. The fourth-order valence-electron chi connectivity index (χ4n) is 4.67. The maximum absolute atomic E-state index is 14.9. The van der Waals surface area contributed by atoms with Crippen molar-refractivity contribution in [2.45, 2.75) is 43.6 Å². The number of ether oxygens (including phenoxy) is 1. The number of pyridine rings is 1. The predicted molar refractivity (Wildman–Crippen MR) is 118 cm³/mol. The van der Waals surface area contributed by atoms with Crippen LogP contribution in [0.3, 0.4) is 0 Å². The minimum atomic E-state index is -0.955. The molecule has 8 nitrogen and oxygen atoms in total. The first-order valence-electron chi connectivity index (χ1n) is 10.7. The average Bonchev–Trinajstić information content (AvgIpc) is 3.24. The molecule has 2 N–H and O–H groups in total. The number of hydrogen-bond acceptors (Lipinski definition) is 8. The summed E-state index contributed by atoms with van der Waals surface area (Å²) in [6.07, 6.45) is 4.90. The Morgan fingerprint density at radius 3 is 2.72 bits per heavy atom. The van der Waals surface area contributed by atoms with E-state index in [9.17, 15) is 9.50 Å². The molecule has 0 radical (unpaired) electrons. The van der Waals surface area contributed by atoms with Crippen LogP contribution < -0.4 is 15.0 Å². The number of aromatic hydroxyl groups is 1. The van der Waals surface area contributed by atoms with Crippen LogP contribution in [-0.4, -0.2) is 63.7 Å². The van der Waals surface area contributed by atoms with E-state index in [0.717, 1.165) is 30.4 Å². The third-order valence-corrected chi connectivity index (χ3v) is 6.48. The molecule has 2 saturated heterocycles. The van der Waals surface area contributed by atoms with Gasteiger partial charge in [-0.1, -0.05) is 6.07 Å². The number of piperidine rings is 1. The zero-order chi connectivity index (χ0) is 22.2. The van der Waals surface area contributed by atoms with Gasteiger partial charge < -0.3 is 20.1 Å². The highest BCUT2D eigenvalue weighted by molar-refractivity contribution is 5.73. The number of anilines is 1. The Balaban J connectivity index is 1.35. The molecule has 4 heterocycles. The molecule has 1 aromatic carbocycles. The molecule has 166 valence electrons. The summed E-state index contributed by atoms with van der Waals surface area (Å²) in [5.74, 6) is 1.36. The molecule has 2 aliphatic rings. The number of benzene rings is 1. The normalized spacial score (nSPS) is 24.3. The first-order valence-corrected chi connectivity index (χ1v) is 10.7. The van der Waals surface area contributed by atoms with Gasteiger partial charge in [-0.15, -0.1) is 10.2 Å². The number of methoxy groups -OCH3 is 1. The molecule has 0 saturated carbocycles. The van der Waals surface area contributed by atoms with Gasteiger partial charge in [0.05, 0.1) is 24.9 Å². The van der Waals surface area contributed by atoms with E-state index in [-0.39, 0.29) is 17.8 Å². The molecular formula is C23H25FN6O2. The van der Waals surface area contributed by atoms with E-state index >= 15 is 0 Å². The van der Waals surface area contributed by atoms with Gasteiger partial charge in [-0.3, -0.25) is 0 Å². The van der Waals surface area contributed by atoms with Crippen LogP contribution in [0.25, 0.3) is 22.5 Å². The largest absolute Gasteiger partial charge is 0.507 e. The molecule has 2 bridgehead atoms. The molecule has 2 aliphatic heterocycles. The Morgan fingerprint density at radius 2 is 1.97 bits per heavy atom. The highest BCUT2D eigenvalue weighted by atomic mass is 19.1. The van der Waals surface area contributed by atoms with E-state index in [4.69, 9.17) is 4.74 Å². The van der Waals surface area contributed by atoms with Gasteiger partial charge in [0, 0.05) is 31.4 Å². The Morgan fingerprint density at radius 1 is 1.12 bits per heavy atom. The lowest BCUT2D eigenvalue weighted by molar-refractivity contribution is 0.176. The SMILES string of the molecule is COc1cc(-c2ccc(-c3ncc(N(C)[C@@H]4CC5CCC(N5)[C@@H]4F)nn3)c(O)c2)ccn1. The van der Waals surface area contributed by atoms with Gasteiger partial charge in [-0.25, -0.2) is 14.4 Å². The maximum Gasteiger partial charge on any atom is 0.213 e. The fraction of sp³-hybridized carbons (Fsp3) is 0.391. The third kappa shape index (κ3) is 3.73. The Hall–Kier alpha value is -3.33. The molecule has 9 heteroatoms. The number of fused-ring (bicyclic) bond motifs is 2. The number of rotatable bonds is 5. The van der Waals surface area contributed by atoms with Gasteiger partial charge in [0.25, 0.3) is 0 Å². The van der Waals surface area contributed by atoms with Crippen molar-refractivity contribution < 1.29 is 14.2 Å². The fourth-order valence-corrected chi connectivity index (χ4v) is 4.67. The summed E-state index contributed by atoms with van der Waals surface area (Å²) >= 11 is 0. The highest BCUT2D eigenvalue weighted by Gasteiger charge is 2.43. The minimum Gasteiger partial charge on any atom is -0.507 e. The van der Waals surface area contributed by atoms with E-state index < -0.39 is 6.17 Å². The van der Waals surface area contributed by atoms with E-state index in [0.29, 0.717) is 29.1 Å². The summed E-state index contributed by atoms with van der Waals surface area (Å²) in [4.78, 5) is 10.3. The lowest BCUT2D eigenvalue weighted by Crippen LogP contribution is -2.55. The van der Waals surface area contributed by atoms with Crippen molar-refractivity contribution in [2.24, 2.45) is 0 Å². The maximum atomic E-state index is 14.9. The van der Waals surface area contributed by atoms with Crippen molar-refractivity contribution in [3.05, 3.63) is 42.7 Å². The third-order valence-electron chi connectivity index (χ3n) is 6.48. The second-order valence-electron chi connectivity index (χ2n) is 8.36. The number of halogens is 1. The molecule has 5 rings (SSSR count). The summed E-state index contributed by atoms with van der Waals surface area (Å²) in [5.41, 5.74) is 2.15. The van der Waals surface area contributed by atoms with Gasteiger partial charge in [-0.2, -0.15) is 0 Å². The van der Waals surface area contributed by atoms with Crippen molar-refractivity contribution in [3.8, 4) is 34.1 Å².